The smallest absolute Gasteiger partial charge is 0.226 e. The molecule has 3 unspecified atom stereocenters. The molecule has 1 aromatic rings. The Labute approximate surface area is 139 Å². The molecule has 2 fully saturated rings. The van der Waals surface area contributed by atoms with Crippen LogP contribution in [-0.2, 0) is 9.59 Å². The van der Waals surface area contributed by atoms with Crippen molar-refractivity contribution < 1.29 is 9.59 Å². The molecule has 0 bridgehead atoms. The third-order valence-corrected chi connectivity index (χ3v) is 5.17. The van der Waals surface area contributed by atoms with E-state index in [2.05, 4.69) is 0 Å². The minimum Gasteiger partial charge on any atom is -0.369 e. The molecule has 1 aliphatic carbocycles. The zero-order valence-electron chi connectivity index (χ0n) is 12.1. The molecule has 118 valence electrons. The Morgan fingerprint density at radius 2 is 2.05 bits per heavy atom. The fourth-order valence-electron chi connectivity index (χ4n) is 3.26. The number of hydrogen-bond acceptors (Lipinski definition) is 2. The van der Waals surface area contributed by atoms with Gasteiger partial charge in [0.05, 0.1) is 5.92 Å². The standard InChI is InChI=1S/C16H18Cl2N2O2/c17-10-3-4-11(14(18)6-10)12-7-13(12)16(22)20-5-1-2-9(8-20)15(19)21/h3-4,6,9,12-13H,1-2,5,7-8H2,(H2,19,21). The molecule has 1 aromatic carbocycles. The summed E-state index contributed by atoms with van der Waals surface area (Å²) in [5.41, 5.74) is 6.35. The molecule has 6 heteroatoms. The average molecular weight is 341 g/mol. The number of halogens is 2. The largest absolute Gasteiger partial charge is 0.369 e. The van der Waals surface area contributed by atoms with Crippen molar-refractivity contribution in [2.24, 2.45) is 17.6 Å². The van der Waals surface area contributed by atoms with Crippen molar-refractivity contribution in [1.29, 1.82) is 0 Å². The van der Waals surface area contributed by atoms with E-state index in [4.69, 9.17) is 28.9 Å². The molecule has 3 rings (SSSR count). The molecule has 1 saturated carbocycles. The molecular formula is C16H18Cl2N2O2. The highest BCUT2D eigenvalue weighted by Gasteiger charge is 2.47. The molecule has 22 heavy (non-hydrogen) atoms. The van der Waals surface area contributed by atoms with Crippen LogP contribution >= 0.6 is 23.2 Å². The van der Waals surface area contributed by atoms with Crippen LogP contribution in [0.25, 0.3) is 0 Å². The maximum atomic E-state index is 12.6. The van der Waals surface area contributed by atoms with Gasteiger partial charge in [0.15, 0.2) is 0 Å². The Morgan fingerprint density at radius 3 is 2.73 bits per heavy atom. The predicted molar refractivity (Wildman–Crippen MR) is 85.8 cm³/mol. The lowest BCUT2D eigenvalue weighted by molar-refractivity contribution is -0.136. The molecular weight excluding hydrogens is 323 g/mol. The number of primary amides is 1. The molecule has 1 aliphatic heterocycles. The van der Waals surface area contributed by atoms with Crippen LogP contribution in [0.15, 0.2) is 18.2 Å². The minimum atomic E-state index is -0.314. The van der Waals surface area contributed by atoms with Crippen LogP contribution in [0.4, 0.5) is 0 Å². The van der Waals surface area contributed by atoms with Gasteiger partial charge in [-0.3, -0.25) is 9.59 Å². The number of nitrogens with two attached hydrogens (primary N) is 1. The van der Waals surface area contributed by atoms with Crippen LogP contribution in [-0.4, -0.2) is 29.8 Å². The van der Waals surface area contributed by atoms with E-state index in [-0.39, 0.29) is 29.6 Å². The van der Waals surface area contributed by atoms with Gasteiger partial charge in [-0.15, -0.1) is 0 Å². The van der Waals surface area contributed by atoms with E-state index in [1.165, 1.54) is 0 Å². The van der Waals surface area contributed by atoms with Gasteiger partial charge in [0.25, 0.3) is 0 Å². The molecule has 0 radical (unpaired) electrons. The maximum Gasteiger partial charge on any atom is 0.226 e. The molecule has 1 saturated heterocycles. The van der Waals surface area contributed by atoms with Crippen molar-refractivity contribution in [2.75, 3.05) is 13.1 Å². The summed E-state index contributed by atoms with van der Waals surface area (Å²) in [4.78, 5) is 25.7. The molecule has 4 nitrogen and oxygen atoms in total. The van der Waals surface area contributed by atoms with Crippen molar-refractivity contribution in [3.8, 4) is 0 Å². The number of carbonyl (C=O) groups excluding carboxylic acids is 2. The summed E-state index contributed by atoms with van der Waals surface area (Å²) >= 11 is 12.1. The lowest BCUT2D eigenvalue weighted by atomic mass is 9.97. The first-order valence-electron chi connectivity index (χ1n) is 7.50. The van der Waals surface area contributed by atoms with Gasteiger partial charge in [0.2, 0.25) is 11.8 Å². The average Bonchev–Trinajstić information content (AvgIpc) is 3.27. The van der Waals surface area contributed by atoms with Crippen LogP contribution in [0.1, 0.15) is 30.7 Å². The first kappa shape index (κ1) is 15.6. The Kier molecular flexibility index (Phi) is 4.33. The minimum absolute atomic E-state index is 0.0368. The van der Waals surface area contributed by atoms with E-state index in [9.17, 15) is 9.59 Å². The Hall–Kier alpha value is -1.26. The van der Waals surface area contributed by atoms with Crippen molar-refractivity contribution >= 4 is 35.0 Å². The lowest BCUT2D eigenvalue weighted by Gasteiger charge is -2.31. The van der Waals surface area contributed by atoms with Crippen molar-refractivity contribution in [2.45, 2.75) is 25.2 Å². The second kappa shape index (κ2) is 6.09. The van der Waals surface area contributed by atoms with E-state index in [0.717, 1.165) is 24.8 Å². The quantitative estimate of drug-likeness (QED) is 0.919. The Morgan fingerprint density at radius 1 is 1.27 bits per heavy atom. The van der Waals surface area contributed by atoms with Gasteiger partial charge in [0, 0.05) is 29.1 Å². The summed E-state index contributed by atoms with van der Waals surface area (Å²) in [7, 11) is 0. The SMILES string of the molecule is NC(=O)C1CCCN(C(=O)C2CC2c2ccc(Cl)cc2Cl)C1. The highest BCUT2D eigenvalue weighted by atomic mass is 35.5. The van der Waals surface area contributed by atoms with Crippen LogP contribution in [0.2, 0.25) is 10.0 Å². The third kappa shape index (κ3) is 3.08. The summed E-state index contributed by atoms with van der Waals surface area (Å²) in [6.07, 6.45) is 2.41. The van der Waals surface area contributed by atoms with Crippen molar-refractivity contribution in [1.82, 2.24) is 4.90 Å². The second-order valence-electron chi connectivity index (χ2n) is 6.14. The first-order valence-corrected chi connectivity index (χ1v) is 8.26. The number of carbonyl (C=O) groups is 2. The molecule has 1 heterocycles. The highest BCUT2D eigenvalue weighted by molar-refractivity contribution is 6.35. The number of piperidine rings is 1. The third-order valence-electron chi connectivity index (χ3n) is 4.61. The van der Waals surface area contributed by atoms with Gasteiger partial charge in [0.1, 0.15) is 0 Å². The second-order valence-corrected chi connectivity index (χ2v) is 6.98. The van der Waals surface area contributed by atoms with Crippen molar-refractivity contribution in [3.05, 3.63) is 33.8 Å². The van der Waals surface area contributed by atoms with Crippen LogP contribution in [0.5, 0.6) is 0 Å². The summed E-state index contributed by atoms with van der Waals surface area (Å²) in [5, 5.41) is 1.21. The summed E-state index contributed by atoms with van der Waals surface area (Å²) in [6, 6.07) is 5.40. The monoisotopic (exact) mass is 340 g/mol. The number of rotatable bonds is 3. The number of likely N-dealkylation sites (tertiary alicyclic amines) is 1. The summed E-state index contributed by atoms with van der Waals surface area (Å²) < 4.78 is 0. The molecule has 0 aromatic heterocycles. The fraction of sp³-hybridized carbons (Fsp3) is 0.500. The van der Waals surface area contributed by atoms with Crippen LogP contribution in [0, 0.1) is 11.8 Å². The number of nitrogens with zero attached hydrogens (tertiary/aromatic N) is 1. The molecule has 0 spiro atoms. The first-order chi connectivity index (χ1) is 10.5. The van der Waals surface area contributed by atoms with E-state index in [1.807, 2.05) is 6.07 Å². The maximum absolute atomic E-state index is 12.6. The predicted octanol–water partition coefficient (Wildman–Crippen LogP) is 2.82. The normalized spacial score (nSPS) is 27.5. The van der Waals surface area contributed by atoms with Gasteiger partial charge >= 0.3 is 0 Å². The fourth-order valence-corrected chi connectivity index (χ4v) is 3.81. The molecule has 2 amide bonds. The number of benzene rings is 1. The number of hydrogen-bond donors (Lipinski definition) is 1. The zero-order valence-corrected chi connectivity index (χ0v) is 13.6. The van der Waals surface area contributed by atoms with Crippen LogP contribution in [0.3, 0.4) is 0 Å². The van der Waals surface area contributed by atoms with Gasteiger partial charge < -0.3 is 10.6 Å². The molecule has 2 N–H and O–H groups in total. The molecule has 2 aliphatic rings. The van der Waals surface area contributed by atoms with Crippen molar-refractivity contribution in [3.63, 3.8) is 0 Å². The number of amides is 2. The van der Waals surface area contributed by atoms with Gasteiger partial charge in [-0.2, -0.15) is 0 Å². The Balaban J connectivity index is 1.66. The molecule has 3 atom stereocenters. The van der Waals surface area contributed by atoms with Gasteiger partial charge in [-0.25, -0.2) is 0 Å². The topological polar surface area (TPSA) is 63.4 Å². The van der Waals surface area contributed by atoms with E-state index >= 15 is 0 Å². The van der Waals surface area contributed by atoms with E-state index in [0.29, 0.717) is 23.1 Å². The highest BCUT2D eigenvalue weighted by Crippen LogP contribution is 2.51. The van der Waals surface area contributed by atoms with E-state index < -0.39 is 0 Å². The lowest BCUT2D eigenvalue weighted by Crippen LogP contribution is -2.44. The summed E-state index contributed by atoms with van der Waals surface area (Å²) in [6.45, 7) is 1.16. The van der Waals surface area contributed by atoms with E-state index in [1.54, 1.807) is 17.0 Å². The van der Waals surface area contributed by atoms with Crippen LogP contribution < -0.4 is 5.73 Å². The Bertz CT molecular complexity index is 620. The zero-order chi connectivity index (χ0) is 15.9. The van der Waals surface area contributed by atoms with Gasteiger partial charge in [-0.1, -0.05) is 29.3 Å². The van der Waals surface area contributed by atoms with Gasteiger partial charge in [-0.05, 0) is 42.9 Å². The summed E-state index contributed by atoms with van der Waals surface area (Å²) in [5.74, 6) is -0.293.